The number of fused-ring (bicyclic) bond motifs is 1. The van der Waals surface area contributed by atoms with Gasteiger partial charge in [0.15, 0.2) is 0 Å². The van der Waals surface area contributed by atoms with Crippen LogP contribution in [0.3, 0.4) is 0 Å². The number of benzene rings is 2. The molecule has 36 heavy (non-hydrogen) atoms. The van der Waals surface area contributed by atoms with E-state index in [0.29, 0.717) is 22.5 Å². The van der Waals surface area contributed by atoms with Gasteiger partial charge in [-0.15, -0.1) is 10.2 Å². The molecule has 1 aliphatic rings. The molecule has 10 heteroatoms. The number of aryl methyl sites for hydroxylation is 2. The van der Waals surface area contributed by atoms with Crippen molar-refractivity contribution < 1.29 is 17.2 Å². The maximum atomic E-state index is 14.7. The zero-order valence-corrected chi connectivity index (χ0v) is 20.8. The Labute approximate surface area is 208 Å². The predicted octanol–water partition coefficient (Wildman–Crippen LogP) is 5.07. The number of para-hydroxylation sites is 1. The minimum absolute atomic E-state index is 0.0322. The summed E-state index contributed by atoms with van der Waals surface area (Å²) in [4.78, 5) is 4.64. The van der Waals surface area contributed by atoms with E-state index in [4.69, 9.17) is 0 Å². The van der Waals surface area contributed by atoms with Crippen LogP contribution < -0.4 is 4.72 Å². The minimum atomic E-state index is -4.12. The monoisotopic (exact) mass is 511 g/mol. The van der Waals surface area contributed by atoms with E-state index in [9.17, 15) is 17.2 Å². The summed E-state index contributed by atoms with van der Waals surface area (Å²) in [7, 11) is -4.12. The van der Waals surface area contributed by atoms with E-state index in [0.717, 1.165) is 17.4 Å². The van der Waals surface area contributed by atoms with Crippen LogP contribution in [-0.2, 0) is 16.4 Å². The van der Waals surface area contributed by atoms with Crippen LogP contribution in [0.1, 0.15) is 43.6 Å². The topological polar surface area (TPSA) is 89.8 Å². The first-order chi connectivity index (χ1) is 17.2. The molecule has 1 N–H and O–H groups in total. The summed E-state index contributed by atoms with van der Waals surface area (Å²) in [5, 5.41) is 8.60. The lowest BCUT2D eigenvalue weighted by Crippen LogP contribution is -2.45. The summed E-state index contributed by atoms with van der Waals surface area (Å²) < 4.78 is 60.7. The quantitative estimate of drug-likeness (QED) is 0.390. The van der Waals surface area contributed by atoms with Crippen LogP contribution in [0.15, 0.2) is 66.0 Å². The van der Waals surface area contributed by atoms with Crippen molar-refractivity contribution in [2.75, 3.05) is 0 Å². The number of nitrogens with zero attached hydrogens (tertiary/aromatic N) is 4. The molecule has 2 aromatic heterocycles. The van der Waals surface area contributed by atoms with Crippen molar-refractivity contribution in [1.82, 2.24) is 24.5 Å². The van der Waals surface area contributed by atoms with Crippen LogP contribution in [0, 0.1) is 6.92 Å². The summed E-state index contributed by atoms with van der Waals surface area (Å²) in [6.07, 6.45) is 3.30. The van der Waals surface area contributed by atoms with Gasteiger partial charge in [-0.1, -0.05) is 43.3 Å². The number of nitrogens with one attached hydrogen (secondary N) is 1. The lowest BCUT2D eigenvalue weighted by atomic mass is 9.88. The lowest BCUT2D eigenvalue weighted by Gasteiger charge is -2.35. The number of halogens is 2. The fourth-order valence-electron chi connectivity index (χ4n) is 5.07. The second-order valence-corrected chi connectivity index (χ2v) is 11.0. The molecule has 0 aliphatic heterocycles. The Morgan fingerprint density at radius 3 is 2.64 bits per heavy atom. The van der Waals surface area contributed by atoms with Gasteiger partial charge in [0, 0.05) is 47.6 Å². The zero-order valence-electron chi connectivity index (χ0n) is 20.0. The smallest absolute Gasteiger partial charge is 0.251 e. The number of aromatic nitrogens is 4. The summed E-state index contributed by atoms with van der Waals surface area (Å²) >= 11 is 0. The molecule has 0 spiro atoms. The molecule has 0 radical (unpaired) electrons. The minimum Gasteiger partial charge on any atom is -0.314 e. The maximum absolute atomic E-state index is 14.7. The molecule has 1 fully saturated rings. The second kappa shape index (κ2) is 9.33. The SMILES string of the molecule is CCc1cnc2c(-c3ccccc3S(=O)(=O)N[C@@H]3C[C@H](n4cnnc4C)CC(F)(F)C3)cccc2c1. The lowest BCUT2D eigenvalue weighted by molar-refractivity contribution is -0.0579. The van der Waals surface area contributed by atoms with Gasteiger partial charge in [0.25, 0.3) is 5.92 Å². The number of hydrogen-bond acceptors (Lipinski definition) is 5. The first-order valence-electron chi connectivity index (χ1n) is 11.9. The van der Waals surface area contributed by atoms with E-state index in [-0.39, 0.29) is 17.7 Å². The van der Waals surface area contributed by atoms with Crippen molar-refractivity contribution in [3.8, 4) is 11.1 Å². The van der Waals surface area contributed by atoms with Crippen molar-refractivity contribution in [1.29, 1.82) is 0 Å². The highest BCUT2D eigenvalue weighted by Gasteiger charge is 2.43. The standard InChI is InChI=1S/C26H27F2N5O2S/c1-3-18-11-19-7-6-9-23(25(19)29-15-18)22-8-4-5-10-24(22)36(34,35)32-20-12-21(14-26(27,28)13-20)33-16-30-31-17(33)2/h4-11,15-16,20-21,32H,3,12-14H2,1-2H3/t20-,21+/m1/s1. The molecule has 0 amide bonds. The van der Waals surface area contributed by atoms with Crippen molar-refractivity contribution >= 4 is 20.9 Å². The van der Waals surface area contributed by atoms with Crippen LogP contribution in [0.4, 0.5) is 8.78 Å². The Bertz CT molecular complexity index is 1520. The summed E-state index contributed by atoms with van der Waals surface area (Å²) in [5.41, 5.74) is 2.91. The highest BCUT2D eigenvalue weighted by molar-refractivity contribution is 7.89. The van der Waals surface area contributed by atoms with E-state index in [1.54, 1.807) is 35.9 Å². The van der Waals surface area contributed by atoms with E-state index in [1.165, 1.54) is 12.4 Å². The molecular formula is C26H27F2N5O2S. The Hall–Kier alpha value is -3.24. The Kier molecular flexibility index (Phi) is 6.34. The van der Waals surface area contributed by atoms with Crippen LogP contribution in [0.5, 0.6) is 0 Å². The first-order valence-corrected chi connectivity index (χ1v) is 13.4. The predicted molar refractivity (Wildman–Crippen MR) is 133 cm³/mol. The van der Waals surface area contributed by atoms with Crippen LogP contribution in [-0.4, -0.2) is 40.1 Å². The number of sulfonamides is 1. The fourth-order valence-corrected chi connectivity index (χ4v) is 6.54. The van der Waals surface area contributed by atoms with Gasteiger partial charge in [-0.3, -0.25) is 4.98 Å². The van der Waals surface area contributed by atoms with Crippen molar-refractivity contribution in [2.24, 2.45) is 0 Å². The number of pyridine rings is 1. The Morgan fingerprint density at radius 2 is 1.89 bits per heavy atom. The van der Waals surface area contributed by atoms with Gasteiger partial charge in [0.1, 0.15) is 12.2 Å². The molecule has 1 saturated carbocycles. The molecule has 0 unspecified atom stereocenters. The molecule has 2 aromatic carbocycles. The van der Waals surface area contributed by atoms with Gasteiger partial charge in [-0.05, 0) is 37.5 Å². The van der Waals surface area contributed by atoms with Gasteiger partial charge in [-0.25, -0.2) is 21.9 Å². The van der Waals surface area contributed by atoms with Crippen LogP contribution in [0.2, 0.25) is 0 Å². The summed E-state index contributed by atoms with van der Waals surface area (Å²) in [5.74, 6) is -2.51. The van der Waals surface area contributed by atoms with Crippen molar-refractivity contribution in [3.05, 3.63) is 72.4 Å². The average Bonchev–Trinajstić information content (AvgIpc) is 3.28. The number of rotatable bonds is 6. The normalized spacial score (nSPS) is 20.0. The highest BCUT2D eigenvalue weighted by atomic mass is 32.2. The summed E-state index contributed by atoms with van der Waals surface area (Å²) in [6.45, 7) is 3.74. The number of alkyl halides is 2. The van der Waals surface area contributed by atoms with E-state index in [2.05, 4.69) is 19.9 Å². The third-order valence-electron chi connectivity index (χ3n) is 6.75. The molecule has 7 nitrogen and oxygen atoms in total. The molecular weight excluding hydrogens is 484 g/mol. The Morgan fingerprint density at radius 1 is 1.11 bits per heavy atom. The molecule has 2 heterocycles. The van der Waals surface area contributed by atoms with Crippen molar-refractivity contribution in [3.63, 3.8) is 0 Å². The molecule has 2 atom stereocenters. The molecule has 0 saturated heterocycles. The van der Waals surface area contributed by atoms with Gasteiger partial charge in [0.2, 0.25) is 10.0 Å². The largest absolute Gasteiger partial charge is 0.314 e. The fraction of sp³-hybridized carbons (Fsp3) is 0.346. The Balaban J connectivity index is 1.50. The molecule has 1 aliphatic carbocycles. The summed E-state index contributed by atoms with van der Waals surface area (Å²) in [6, 6.07) is 12.7. The zero-order chi connectivity index (χ0) is 25.5. The van der Waals surface area contributed by atoms with Crippen LogP contribution >= 0.6 is 0 Å². The molecule has 188 valence electrons. The molecule has 5 rings (SSSR count). The van der Waals surface area contributed by atoms with Gasteiger partial charge in [-0.2, -0.15) is 0 Å². The van der Waals surface area contributed by atoms with E-state index >= 15 is 0 Å². The third-order valence-corrected chi connectivity index (χ3v) is 8.32. The molecule has 4 aromatic rings. The van der Waals surface area contributed by atoms with Crippen molar-refractivity contribution in [2.45, 2.75) is 62.4 Å². The van der Waals surface area contributed by atoms with Gasteiger partial charge >= 0.3 is 0 Å². The highest BCUT2D eigenvalue weighted by Crippen LogP contribution is 2.40. The molecule has 0 bridgehead atoms. The second-order valence-electron chi connectivity index (χ2n) is 9.33. The number of hydrogen-bond donors (Lipinski definition) is 1. The third kappa shape index (κ3) is 4.75. The van der Waals surface area contributed by atoms with Crippen LogP contribution in [0.25, 0.3) is 22.0 Å². The first kappa shape index (κ1) is 24.5. The van der Waals surface area contributed by atoms with E-state index < -0.39 is 34.5 Å². The average molecular weight is 512 g/mol. The van der Waals surface area contributed by atoms with E-state index in [1.807, 2.05) is 31.2 Å². The maximum Gasteiger partial charge on any atom is 0.251 e. The van der Waals surface area contributed by atoms with Gasteiger partial charge in [0.05, 0.1) is 10.4 Å². The van der Waals surface area contributed by atoms with Gasteiger partial charge < -0.3 is 4.57 Å².